The lowest BCUT2D eigenvalue weighted by Gasteiger charge is -2.33. The van der Waals surface area contributed by atoms with Crippen LogP contribution in [0.2, 0.25) is 0 Å². The summed E-state index contributed by atoms with van der Waals surface area (Å²) in [5, 5.41) is 0. The first-order chi connectivity index (χ1) is 8.70. The first-order valence-corrected chi connectivity index (χ1v) is 7.08. The molecule has 0 aromatic rings. The average molecular weight is 255 g/mol. The Hall–Kier alpha value is -1.06. The highest BCUT2D eigenvalue weighted by molar-refractivity contribution is 5.84. The molecule has 1 unspecified atom stereocenters. The fraction of sp³-hybridized carbons (Fsp3) is 0.857. The van der Waals surface area contributed by atoms with Crippen molar-refractivity contribution in [3.8, 4) is 0 Å². The lowest BCUT2D eigenvalue weighted by molar-refractivity contribution is -0.154. The summed E-state index contributed by atoms with van der Waals surface area (Å²) in [5.74, 6) is -0.155. The second-order valence-corrected chi connectivity index (χ2v) is 4.93. The molecule has 1 amide bonds. The molecule has 18 heavy (non-hydrogen) atoms. The highest BCUT2D eigenvalue weighted by Gasteiger charge is 2.32. The van der Waals surface area contributed by atoms with E-state index in [9.17, 15) is 9.59 Å². The van der Waals surface area contributed by atoms with Gasteiger partial charge in [0.15, 0.2) is 0 Å². The standard InChI is InChI=1S/C14H25NO3/c1-3-4-5-6-10-13(16)15-11-8-7-9-12(15)14(17)18-2/h12H,3-11H2,1-2H3. The van der Waals surface area contributed by atoms with Crippen LogP contribution in [0, 0.1) is 0 Å². The van der Waals surface area contributed by atoms with E-state index in [0.717, 1.165) is 32.1 Å². The Morgan fingerprint density at radius 3 is 2.67 bits per heavy atom. The lowest BCUT2D eigenvalue weighted by Crippen LogP contribution is -2.48. The summed E-state index contributed by atoms with van der Waals surface area (Å²) < 4.78 is 4.78. The summed E-state index contributed by atoms with van der Waals surface area (Å²) >= 11 is 0. The van der Waals surface area contributed by atoms with Crippen molar-refractivity contribution in [3.63, 3.8) is 0 Å². The molecule has 1 heterocycles. The maximum Gasteiger partial charge on any atom is 0.328 e. The van der Waals surface area contributed by atoms with Crippen LogP contribution in [0.3, 0.4) is 0 Å². The first kappa shape index (κ1) is 15.0. The summed E-state index contributed by atoms with van der Waals surface area (Å²) in [6, 6.07) is -0.345. The molecule has 0 aromatic heterocycles. The maximum absolute atomic E-state index is 12.1. The third-order valence-corrected chi connectivity index (χ3v) is 3.54. The van der Waals surface area contributed by atoms with E-state index in [1.165, 1.54) is 20.0 Å². The van der Waals surface area contributed by atoms with Crippen molar-refractivity contribution in [2.45, 2.75) is 64.3 Å². The third-order valence-electron chi connectivity index (χ3n) is 3.54. The molecule has 1 rings (SSSR count). The molecular formula is C14H25NO3. The van der Waals surface area contributed by atoms with Gasteiger partial charge < -0.3 is 9.64 Å². The van der Waals surface area contributed by atoms with Crippen molar-refractivity contribution < 1.29 is 14.3 Å². The zero-order valence-corrected chi connectivity index (χ0v) is 11.6. The lowest BCUT2D eigenvalue weighted by atomic mass is 10.0. The largest absolute Gasteiger partial charge is 0.467 e. The van der Waals surface area contributed by atoms with E-state index in [1.807, 2.05) is 0 Å². The van der Waals surface area contributed by atoms with Crippen LogP contribution in [0.25, 0.3) is 0 Å². The quantitative estimate of drug-likeness (QED) is 0.541. The molecular weight excluding hydrogens is 230 g/mol. The topological polar surface area (TPSA) is 46.6 Å². The van der Waals surface area contributed by atoms with E-state index in [0.29, 0.717) is 13.0 Å². The van der Waals surface area contributed by atoms with Crippen LogP contribution >= 0.6 is 0 Å². The van der Waals surface area contributed by atoms with Crippen LogP contribution < -0.4 is 0 Å². The zero-order chi connectivity index (χ0) is 13.4. The summed E-state index contributed by atoms with van der Waals surface area (Å²) in [7, 11) is 1.39. The predicted octanol–water partition coefficient (Wildman–Crippen LogP) is 2.51. The summed E-state index contributed by atoms with van der Waals surface area (Å²) in [6.07, 6.45) is 7.67. The molecule has 1 aliphatic rings. The minimum atomic E-state index is -0.345. The molecule has 4 heteroatoms. The molecule has 1 aliphatic heterocycles. The fourth-order valence-electron chi connectivity index (χ4n) is 2.46. The molecule has 1 saturated heterocycles. The summed E-state index contributed by atoms with van der Waals surface area (Å²) in [5.41, 5.74) is 0. The van der Waals surface area contributed by atoms with E-state index in [-0.39, 0.29) is 17.9 Å². The number of nitrogens with zero attached hydrogens (tertiary/aromatic N) is 1. The Kier molecular flexibility index (Phi) is 6.76. The Morgan fingerprint density at radius 1 is 1.22 bits per heavy atom. The smallest absolute Gasteiger partial charge is 0.328 e. The van der Waals surface area contributed by atoms with E-state index in [4.69, 9.17) is 4.74 Å². The molecule has 1 atom stereocenters. The number of likely N-dealkylation sites (tertiary alicyclic amines) is 1. The van der Waals surface area contributed by atoms with Gasteiger partial charge in [-0.25, -0.2) is 4.79 Å². The van der Waals surface area contributed by atoms with E-state index < -0.39 is 0 Å². The number of hydrogen-bond donors (Lipinski definition) is 0. The molecule has 1 fully saturated rings. The average Bonchev–Trinajstić information content (AvgIpc) is 2.42. The number of carbonyl (C=O) groups is 2. The minimum Gasteiger partial charge on any atom is -0.467 e. The number of piperidine rings is 1. The Labute approximate surface area is 110 Å². The van der Waals surface area contributed by atoms with Crippen LogP contribution in [0.5, 0.6) is 0 Å². The van der Waals surface area contributed by atoms with E-state index in [1.54, 1.807) is 4.90 Å². The summed E-state index contributed by atoms with van der Waals surface area (Å²) in [4.78, 5) is 25.5. The van der Waals surface area contributed by atoms with Crippen LogP contribution in [-0.2, 0) is 14.3 Å². The maximum atomic E-state index is 12.1. The van der Waals surface area contributed by atoms with Crippen LogP contribution in [-0.4, -0.2) is 36.5 Å². The molecule has 0 aliphatic carbocycles. The zero-order valence-electron chi connectivity index (χ0n) is 11.6. The van der Waals surface area contributed by atoms with Crippen molar-refractivity contribution in [3.05, 3.63) is 0 Å². The van der Waals surface area contributed by atoms with Crippen molar-refractivity contribution in [1.29, 1.82) is 0 Å². The van der Waals surface area contributed by atoms with Gasteiger partial charge in [0.2, 0.25) is 5.91 Å². The number of hydrogen-bond acceptors (Lipinski definition) is 3. The van der Waals surface area contributed by atoms with Gasteiger partial charge in [0, 0.05) is 13.0 Å². The number of esters is 1. The normalized spacial score (nSPS) is 19.7. The highest BCUT2D eigenvalue weighted by Crippen LogP contribution is 2.19. The van der Waals surface area contributed by atoms with Crippen LogP contribution in [0.1, 0.15) is 58.3 Å². The second-order valence-electron chi connectivity index (χ2n) is 4.93. The van der Waals surface area contributed by atoms with Crippen LogP contribution in [0.15, 0.2) is 0 Å². The van der Waals surface area contributed by atoms with Gasteiger partial charge in [-0.1, -0.05) is 26.2 Å². The Balaban J connectivity index is 2.44. The number of methoxy groups -OCH3 is 1. The fourth-order valence-corrected chi connectivity index (χ4v) is 2.46. The molecule has 104 valence electrons. The Morgan fingerprint density at radius 2 is 2.00 bits per heavy atom. The van der Waals surface area contributed by atoms with Gasteiger partial charge in [0.25, 0.3) is 0 Å². The van der Waals surface area contributed by atoms with Gasteiger partial charge in [0.1, 0.15) is 6.04 Å². The molecule has 0 radical (unpaired) electrons. The molecule has 4 nitrogen and oxygen atoms in total. The van der Waals surface area contributed by atoms with Crippen molar-refractivity contribution in [2.24, 2.45) is 0 Å². The first-order valence-electron chi connectivity index (χ1n) is 7.08. The number of amides is 1. The number of unbranched alkanes of at least 4 members (excludes halogenated alkanes) is 3. The van der Waals surface area contributed by atoms with Gasteiger partial charge in [0.05, 0.1) is 7.11 Å². The van der Waals surface area contributed by atoms with E-state index >= 15 is 0 Å². The van der Waals surface area contributed by atoms with Crippen molar-refractivity contribution in [2.75, 3.05) is 13.7 Å². The molecule has 0 bridgehead atoms. The molecule has 0 aromatic carbocycles. The highest BCUT2D eigenvalue weighted by atomic mass is 16.5. The third kappa shape index (κ3) is 4.31. The minimum absolute atomic E-state index is 0.112. The van der Waals surface area contributed by atoms with Gasteiger partial charge in [-0.3, -0.25) is 4.79 Å². The monoisotopic (exact) mass is 255 g/mol. The number of rotatable bonds is 6. The molecule has 0 saturated carbocycles. The van der Waals surface area contributed by atoms with Gasteiger partial charge in [-0.2, -0.15) is 0 Å². The Bertz CT molecular complexity index is 278. The summed E-state index contributed by atoms with van der Waals surface area (Å²) in [6.45, 7) is 2.85. The number of ether oxygens (including phenoxy) is 1. The van der Waals surface area contributed by atoms with Gasteiger partial charge >= 0.3 is 5.97 Å². The van der Waals surface area contributed by atoms with E-state index in [2.05, 4.69) is 6.92 Å². The van der Waals surface area contributed by atoms with Crippen molar-refractivity contribution in [1.82, 2.24) is 4.90 Å². The van der Waals surface area contributed by atoms with Crippen LogP contribution in [0.4, 0.5) is 0 Å². The predicted molar refractivity (Wildman–Crippen MR) is 70.1 cm³/mol. The molecule has 0 spiro atoms. The number of carbonyl (C=O) groups excluding carboxylic acids is 2. The van der Waals surface area contributed by atoms with Gasteiger partial charge in [-0.15, -0.1) is 0 Å². The second kappa shape index (κ2) is 8.11. The van der Waals surface area contributed by atoms with Crippen molar-refractivity contribution >= 4 is 11.9 Å². The molecule has 0 N–H and O–H groups in total. The SMILES string of the molecule is CCCCCCC(=O)N1CCCCC1C(=O)OC. The van der Waals surface area contributed by atoms with Gasteiger partial charge in [-0.05, 0) is 25.7 Å².